The highest BCUT2D eigenvalue weighted by molar-refractivity contribution is 8.00. The van der Waals surface area contributed by atoms with Gasteiger partial charge in [-0.15, -0.1) is 11.8 Å². The number of aliphatic hydroxyl groups is 1. The average Bonchev–Trinajstić information content (AvgIpc) is 2.83. The van der Waals surface area contributed by atoms with E-state index in [1.54, 1.807) is 6.20 Å². The van der Waals surface area contributed by atoms with E-state index in [-0.39, 0.29) is 12.3 Å². The predicted octanol–water partition coefficient (Wildman–Crippen LogP) is 3.63. The SMILES string of the molecule is CC(C)C[C@H](N)[C@](O)(Cc1cc(SC2CCCCCC2)ccn1)C(=O)O. The van der Waals surface area contributed by atoms with Gasteiger partial charge in [-0.25, -0.2) is 4.79 Å². The predicted molar refractivity (Wildman–Crippen MR) is 105 cm³/mol. The summed E-state index contributed by atoms with van der Waals surface area (Å²) in [5.74, 6) is -1.07. The van der Waals surface area contributed by atoms with Gasteiger partial charge in [-0.1, -0.05) is 39.5 Å². The summed E-state index contributed by atoms with van der Waals surface area (Å²) in [6, 6.07) is 3.04. The maximum absolute atomic E-state index is 11.7. The van der Waals surface area contributed by atoms with Gasteiger partial charge in [0, 0.05) is 34.5 Å². The first-order chi connectivity index (χ1) is 12.3. The highest BCUT2D eigenvalue weighted by Crippen LogP contribution is 2.33. The van der Waals surface area contributed by atoms with Crippen molar-refractivity contribution in [2.24, 2.45) is 11.7 Å². The minimum absolute atomic E-state index is 0.0741. The number of aromatic nitrogens is 1. The number of pyridine rings is 1. The van der Waals surface area contributed by atoms with Crippen molar-refractivity contribution in [1.82, 2.24) is 4.98 Å². The molecule has 0 radical (unpaired) electrons. The van der Waals surface area contributed by atoms with E-state index in [2.05, 4.69) is 4.98 Å². The molecule has 4 N–H and O–H groups in total. The van der Waals surface area contributed by atoms with Crippen molar-refractivity contribution in [2.45, 2.75) is 87.0 Å². The molecule has 1 aromatic rings. The molecule has 0 aromatic carbocycles. The quantitative estimate of drug-likeness (QED) is 0.596. The highest BCUT2D eigenvalue weighted by Gasteiger charge is 2.43. The number of hydrogen-bond donors (Lipinski definition) is 3. The maximum atomic E-state index is 11.7. The molecule has 1 saturated carbocycles. The van der Waals surface area contributed by atoms with E-state index >= 15 is 0 Å². The zero-order valence-corrected chi connectivity index (χ0v) is 16.7. The Kier molecular flexibility index (Phi) is 7.92. The van der Waals surface area contributed by atoms with Gasteiger partial charge in [-0.2, -0.15) is 0 Å². The molecule has 1 aromatic heterocycles. The number of nitrogens with two attached hydrogens (primary N) is 1. The van der Waals surface area contributed by atoms with Crippen LogP contribution in [0.2, 0.25) is 0 Å². The molecule has 1 aliphatic rings. The van der Waals surface area contributed by atoms with E-state index in [0.29, 0.717) is 17.4 Å². The Hall–Kier alpha value is -1.11. The van der Waals surface area contributed by atoms with Gasteiger partial charge in [-0.05, 0) is 37.3 Å². The van der Waals surface area contributed by atoms with Crippen LogP contribution in [-0.4, -0.2) is 38.1 Å². The normalized spacial score (nSPS) is 19.7. The van der Waals surface area contributed by atoms with E-state index < -0.39 is 17.6 Å². The van der Waals surface area contributed by atoms with Crippen molar-refractivity contribution < 1.29 is 15.0 Å². The van der Waals surface area contributed by atoms with E-state index in [1.807, 2.05) is 37.7 Å². The van der Waals surface area contributed by atoms with E-state index in [1.165, 1.54) is 38.5 Å². The Bertz CT molecular complexity index is 588. The van der Waals surface area contributed by atoms with Gasteiger partial charge in [0.25, 0.3) is 0 Å². The zero-order chi connectivity index (χ0) is 19.2. The first-order valence-corrected chi connectivity index (χ1v) is 10.5. The lowest BCUT2D eigenvalue weighted by atomic mass is 9.84. The molecular weight excluding hydrogens is 348 g/mol. The number of carboxylic acid groups (broad SMARTS) is 1. The summed E-state index contributed by atoms with van der Waals surface area (Å²) < 4.78 is 0. The first-order valence-electron chi connectivity index (χ1n) is 9.64. The summed E-state index contributed by atoms with van der Waals surface area (Å²) in [5, 5.41) is 20.9. The summed E-state index contributed by atoms with van der Waals surface area (Å²) in [7, 11) is 0. The van der Waals surface area contributed by atoms with Crippen LogP contribution in [0.25, 0.3) is 0 Å². The summed E-state index contributed by atoms with van der Waals surface area (Å²) in [5.41, 5.74) is 4.62. The topological polar surface area (TPSA) is 96.4 Å². The number of carboxylic acids is 1. The number of rotatable bonds is 8. The number of thioether (sulfide) groups is 1. The summed E-state index contributed by atoms with van der Waals surface area (Å²) >= 11 is 1.85. The second-order valence-corrected chi connectivity index (χ2v) is 9.23. The molecule has 0 aliphatic heterocycles. The van der Waals surface area contributed by atoms with Gasteiger partial charge in [0.05, 0.1) is 0 Å². The number of carbonyl (C=O) groups is 1. The molecule has 0 amide bonds. The standard InChI is InChI=1S/C20H32N2O3S/c1-14(2)11-18(21)20(25,19(23)24)13-15-12-17(9-10-22-15)26-16-7-5-3-4-6-8-16/h9-10,12,14,16,18,25H,3-8,11,13,21H2,1-2H3,(H,23,24)/t18-,20+/m0/s1. The summed E-state index contributed by atoms with van der Waals surface area (Å²) in [6.45, 7) is 3.93. The molecule has 6 heteroatoms. The largest absolute Gasteiger partial charge is 0.479 e. The van der Waals surface area contributed by atoms with Crippen LogP contribution in [0.5, 0.6) is 0 Å². The third-order valence-electron chi connectivity index (χ3n) is 5.05. The maximum Gasteiger partial charge on any atom is 0.337 e. The molecule has 1 fully saturated rings. The molecule has 1 aliphatic carbocycles. The lowest BCUT2D eigenvalue weighted by Gasteiger charge is -2.30. The first kappa shape index (κ1) is 21.2. The van der Waals surface area contributed by atoms with Crippen LogP contribution >= 0.6 is 11.8 Å². The van der Waals surface area contributed by atoms with Crippen molar-refractivity contribution in [3.8, 4) is 0 Å². The fourth-order valence-electron chi connectivity index (χ4n) is 3.52. The van der Waals surface area contributed by atoms with Crippen LogP contribution in [0, 0.1) is 5.92 Å². The van der Waals surface area contributed by atoms with Gasteiger partial charge >= 0.3 is 5.97 Å². The van der Waals surface area contributed by atoms with Crippen molar-refractivity contribution >= 4 is 17.7 Å². The molecule has 26 heavy (non-hydrogen) atoms. The third kappa shape index (κ3) is 5.96. The zero-order valence-electron chi connectivity index (χ0n) is 15.9. The van der Waals surface area contributed by atoms with Crippen molar-refractivity contribution in [1.29, 1.82) is 0 Å². The second kappa shape index (κ2) is 9.72. The Morgan fingerprint density at radius 2 is 2.00 bits per heavy atom. The van der Waals surface area contributed by atoms with Crippen LogP contribution in [0.4, 0.5) is 0 Å². The van der Waals surface area contributed by atoms with Crippen LogP contribution < -0.4 is 5.73 Å². The van der Waals surface area contributed by atoms with Gasteiger partial charge in [0.1, 0.15) is 0 Å². The Morgan fingerprint density at radius 3 is 2.58 bits per heavy atom. The van der Waals surface area contributed by atoms with Crippen LogP contribution in [0.3, 0.4) is 0 Å². The molecule has 1 heterocycles. The van der Waals surface area contributed by atoms with Crippen molar-refractivity contribution in [2.75, 3.05) is 0 Å². The summed E-state index contributed by atoms with van der Waals surface area (Å²) in [6.07, 6.45) is 9.70. The van der Waals surface area contributed by atoms with E-state index in [9.17, 15) is 15.0 Å². The Morgan fingerprint density at radius 1 is 1.35 bits per heavy atom. The molecule has 0 spiro atoms. The minimum atomic E-state index is -2.00. The Balaban J connectivity index is 2.10. The number of nitrogens with zero attached hydrogens (tertiary/aromatic N) is 1. The third-order valence-corrected chi connectivity index (χ3v) is 6.38. The lowest BCUT2D eigenvalue weighted by Crippen LogP contribution is -2.56. The molecule has 2 rings (SSSR count). The fraction of sp³-hybridized carbons (Fsp3) is 0.700. The molecule has 0 bridgehead atoms. The lowest BCUT2D eigenvalue weighted by molar-refractivity contribution is -0.161. The number of hydrogen-bond acceptors (Lipinski definition) is 5. The number of aliphatic carboxylic acids is 1. The Labute approximate surface area is 160 Å². The molecular formula is C20H32N2O3S. The van der Waals surface area contributed by atoms with Gasteiger partial charge in [-0.3, -0.25) is 4.98 Å². The molecule has 2 atom stereocenters. The van der Waals surface area contributed by atoms with Crippen molar-refractivity contribution in [3.63, 3.8) is 0 Å². The fourth-order valence-corrected chi connectivity index (χ4v) is 4.82. The van der Waals surface area contributed by atoms with Crippen LogP contribution in [-0.2, 0) is 11.2 Å². The van der Waals surface area contributed by atoms with E-state index in [0.717, 1.165) is 4.90 Å². The van der Waals surface area contributed by atoms with Gasteiger partial charge in [0.15, 0.2) is 5.60 Å². The van der Waals surface area contributed by atoms with Gasteiger partial charge < -0.3 is 15.9 Å². The molecule has 5 nitrogen and oxygen atoms in total. The molecule has 0 saturated heterocycles. The van der Waals surface area contributed by atoms with E-state index in [4.69, 9.17) is 5.73 Å². The van der Waals surface area contributed by atoms with Crippen molar-refractivity contribution in [3.05, 3.63) is 24.0 Å². The van der Waals surface area contributed by atoms with Crippen LogP contribution in [0.15, 0.2) is 23.2 Å². The molecule has 146 valence electrons. The minimum Gasteiger partial charge on any atom is -0.479 e. The monoisotopic (exact) mass is 380 g/mol. The smallest absolute Gasteiger partial charge is 0.337 e. The van der Waals surface area contributed by atoms with Gasteiger partial charge in [0.2, 0.25) is 0 Å². The highest BCUT2D eigenvalue weighted by atomic mass is 32.2. The van der Waals surface area contributed by atoms with Crippen LogP contribution in [0.1, 0.15) is 64.5 Å². The summed E-state index contributed by atoms with van der Waals surface area (Å²) in [4.78, 5) is 17.1. The average molecular weight is 381 g/mol. The second-order valence-electron chi connectivity index (χ2n) is 7.86. The molecule has 0 unspecified atom stereocenters.